The molecule has 1 heterocycles. The largest absolute Gasteiger partial charge is 0.392 e. The number of carbonyl (C=O) groups excluding carboxylic acids is 1. The Morgan fingerprint density at radius 2 is 2.14 bits per heavy atom. The van der Waals surface area contributed by atoms with Gasteiger partial charge >= 0.3 is 0 Å². The molecule has 1 aliphatic rings. The van der Waals surface area contributed by atoms with Gasteiger partial charge in [-0.1, -0.05) is 19.1 Å². The highest BCUT2D eigenvalue weighted by atomic mass is 19.1. The third-order valence-corrected chi connectivity index (χ3v) is 4.12. The Morgan fingerprint density at radius 1 is 1.48 bits per heavy atom. The second kappa shape index (κ2) is 7.00. The third kappa shape index (κ3) is 4.51. The van der Waals surface area contributed by atoms with Gasteiger partial charge in [0.2, 0.25) is 5.91 Å². The van der Waals surface area contributed by atoms with Crippen molar-refractivity contribution in [3.63, 3.8) is 0 Å². The molecule has 0 bridgehead atoms. The first-order chi connectivity index (χ1) is 9.95. The average molecular weight is 294 g/mol. The molecule has 2 rings (SSSR count). The molecule has 5 heteroatoms. The van der Waals surface area contributed by atoms with Gasteiger partial charge < -0.3 is 10.4 Å². The van der Waals surface area contributed by atoms with Crippen molar-refractivity contribution in [1.29, 1.82) is 0 Å². The molecule has 4 nitrogen and oxygen atoms in total. The van der Waals surface area contributed by atoms with Crippen LogP contribution in [0.3, 0.4) is 0 Å². The molecule has 1 fully saturated rings. The fourth-order valence-corrected chi connectivity index (χ4v) is 2.58. The van der Waals surface area contributed by atoms with Gasteiger partial charge in [0.25, 0.3) is 0 Å². The Kier molecular flexibility index (Phi) is 5.31. The van der Waals surface area contributed by atoms with Crippen LogP contribution in [0.25, 0.3) is 0 Å². The number of amides is 1. The molecular weight excluding hydrogens is 271 g/mol. The standard InChI is InChI=1S/C16H23FN2O2/c1-11-7-8-19(9-15(11)20)10-16(21)18-12(2)13-3-5-14(17)6-4-13/h3-6,11-12,15,20H,7-10H2,1-2H3,(H,18,21). The van der Waals surface area contributed by atoms with Crippen LogP contribution in [0.5, 0.6) is 0 Å². The van der Waals surface area contributed by atoms with Crippen molar-refractivity contribution in [3.8, 4) is 0 Å². The lowest BCUT2D eigenvalue weighted by Crippen LogP contribution is -2.47. The number of carbonyl (C=O) groups is 1. The minimum atomic E-state index is -0.360. The predicted molar refractivity (Wildman–Crippen MR) is 79.2 cm³/mol. The minimum absolute atomic E-state index is 0.0754. The van der Waals surface area contributed by atoms with E-state index < -0.39 is 0 Å². The highest BCUT2D eigenvalue weighted by Crippen LogP contribution is 2.17. The highest BCUT2D eigenvalue weighted by Gasteiger charge is 2.25. The van der Waals surface area contributed by atoms with Crippen LogP contribution in [-0.2, 0) is 4.79 Å². The number of hydrogen-bond donors (Lipinski definition) is 2. The summed E-state index contributed by atoms with van der Waals surface area (Å²) in [4.78, 5) is 14.0. The maximum absolute atomic E-state index is 12.9. The van der Waals surface area contributed by atoms with Crippen molar-refractivity contribution in [2.45, 2.75) is 32.4 Å². The van der Waals surface area contributed by atoms with Gasteiger partial charge in [0.1, 0.15) is 5.82 Å². The van der Waals surface area contributed by atoms with Crippen LogP contribution >= 0.6 is 0 Å². The van der Waals surface area contributed by atoms with E-state index in [4.69, 9.17) is 0 Å². The first-order valence-corrected chi connectivity index (χ1v) is 7.41. The number of likely N-dealkylation sites (tertiary alicyclic amines) is 1. The lowest BCUT2D eigenvalue weighted by Gasteiger charge is -2.33. The SMILES string of the molecule is CC(NC(=O)CN1CCC(C)C(O)C1)c1ccc(F)cc1. The topological polar surface area (TPSA) is 52.6 Å². The van der Waals surface area contributed by atoms with Gasteiger partial charge in [-0.2, -0.15) is 0 Å². The second-order valence-electron chi connectivity index (χ2n) is 5.91. The Bertz CT molecular complexity index is 478. The van der Waals surface area contributed by atoms with Gasteiger partial charge in [0.05, 0.1) is 18.7 Å². The number of nitrogens with zero attached hydrogens (tertiary/aromatic N) is 1. The summed E-state index contributed by atoms with van der Waals surface area (Å²) in [7, 11) is 0. The lowest BCUT2D eigenvalue weighted by atomic mass is 9.96. The highest BCUT2D eigenvalue weighted by molar-refractivity contribution is 5.78. The molecule has 21 heavy (non-hydrogen) atoms. The van der Waals surface area contributed by atoms with Crippen LogP contribution in [0.1, 0.15) is 31.9 Å². The van der Waals surface area contributed by atoms with Crippen LogP contribution in [0.2, 0.25) is 0 Å². The first-order valence-electron chi connectivity index (χ1n) is 7.41. The van der Waals surface area contributed by atoms with Crippen molar-refractivity contribution in [3.05, 3.63) is 35.6 Å². The van der Waals surface area contributed by atoms with E-state index in [2.05, 4.69) is 5.32 Å². The maximum Gasteiger partial charge on any atom is 0.234 e. The monoisotopic (exact) mass is 294 g/mol. The molecule has 1 amide bonds. The molecule has 0 saturated carbocycles. The molecule has 0 spiro atoms. The van der Waals surface area contributed by atoms with Gasteiger partial charge in [-0.15, -0.1) is 0 Å². The van der Waals surface area contributed by atoms with Crippen molar-refractivity contribution in [2.75, 3.05) is 19.6 Å². The summed E-state index contributed by atoms with van der Waals surface area (Å²) in [6, 6.07) is 5.96. The molecule has 116 valence electrons. The average Bonchev–Trinajstić information content (AvgIpc) is 2.43. The number of aliphatic hydroxyl groups is 1. The fourth-order valence-electron chi connectivity index (χ4n) is 2.58. The Balaban J connectivity index is 1.82. The Hall–Kier alpha value is -1.46. The summed E-state index contributed by atoms with van der Waals surface area (Å²) >= 11 is 0. The van der Waals surface area contributed by atoms with Crippen LogP contribution < -0.4 is 5.32 Å². The molecule has 0 aromatic heterocycles. The molecule has 2 N–H and O–H groups in total. The third-order valence-electron chi connectivity index (χ3n) is 4.12. The van der Waals surface area contributed by atoms with Gasteiger partial charge in [0.15, 0.2) is 0 Å². The van der Waals surface area contributed by atoms with Crippen LogP contribution in [-0.4, -0.2) is 41.7 Å². The summed E-state index contributed by atoms with van der Waals surface area (Å²) < 4.78 is 12.9. The van der Waals surface area contributed by atoms with E-state index >= 15 is 0 Å². The fraction of sp³-hybridized carbons (Fsp3) is 0.562. The van der Waals surface area contributed by atoms with Crippen molar-refractivity contribution in [2.24, 2.45) is 5.92 Å². The zero-order valence-corrected chi connectivity index (χ0v) is 12.6. The second-order valence-corrected chi connectivity index (χ2v) is 5.91. The summed E-state index contributed by atoms with van der Waals surface area (Å²) in [6.07, 6.45) is 0.545. The van der Waals surface area contributed by atoms with Crippen LogP contribution in [0.4, 0.5) is 4.39 Å². The Morgan fingerprint density at radius 3 is 2.76 bits per heavy atom. The molecule has 1 aromatic carbocycles. The summed E-state index contributed by atoms with van der Waals surface area (Å²) in [5.41, 5.74) is 0.872. The van der Waals surface area contributed by atoms with E-state index in [1.807, 2.05) is 18.7 Å². The molecule has 0 radical (unpaired) electrons. The summed E-state index contributed by atoms with van der Waals surface area (Å²) in [5, 5.41) is 12.7. The number of hydrogen-bond acceptors (Lipinski definition) is 3. The van der Waals surface area contributed by atoms with E-state index in [1.54, 1.807) is 12.1 Å². The zero-order valence-electron chi connectivity index (χ0n) is 12.6. The number of benzene rings is 1. The number of β-amino-alcohol motifs (C(OH)–C–C–N with tert-alkyl or cyclic N) is 1. The zero-order chi connectivity index (χ0) is 15.4. The molecule has 1 aliphatic heterocycles. The molecule has 1 saturated heterocycles. The van der Waals surface area contributed by atoms with E-state index in [0.29, 0.717) is 12.5 Å². The number of rotatable bonds is 4. The number of piperidine rings is 1. The number of halogens is 1. The van der Waals surface area contributed by atoms with Gasteiger partial charge in [-0.05, 0) is 43.5 Å². The molecule has 0 aliphatic carbocycles. The van der Waals surface area contributed by atoms with Crippen LogP contribution in [0, 0.1) is 11.7 Å². The maximum atomic E-state index is 12.9. The van der Waals surface area contributed by atoms with Gasteiger partial charge in [0, 0.05) is 6.54 Å². The quantitative estimate of drug-likeness (QED) is 0.889. The number of aliphatic hydroxyl groups excluding tert-OH is 1. The summed E-state index contributed by atoms with van der Waals surface area (Å²) in [5.74, 6) is -0.0651. The Labute approximate surface area is 125 Å². The van der Waals surface area contributed by atoms with E-state index in [-0.39, 0.29) is 30.4 Å². The number of nitrogens with one attached hydrogen (secondary N) is 1. The molecule has 3 unspecified atom stereocenters. The first kappa shape index (κ1) is 15.9. The van der Waals surface area contributed by atoms with E-state index in [9.17, 15) is 14.3 Å². The van der Waals surface area contributed by atoms with E-state index in [0.717, 1.165) is 18.5 Å². The van der Waals surface area contributed by atoms with Gasteiger partial charge in [-0.3, -0.25) is 9.69 Å². The van der Waals surface area contributed by atoms with Crippen molar-refractivity contribution < 1.29 is 14.3 Å². The van der Waals surface area contributed by atoms with Crippen LogP contribution in [0.15, 0.2) is 24.3 Å². The minimum Gasteiger partial charge on any atom is -0.392 e. The molecule has 1 aromatic rings. The predicted octanol–water partition coefficient (Wildman–Crippen LogP) is 1.71. The van der Waals surface area contributed by atoms with E-state index in [1.165, 1.54) is 12.1 Å². The lowest BCUT2D eigenvalue weighted by molar-refractivity contribution is -0.123. The summed E-state index contributed by atoms with van der Waals surface area (Å²) in [6.45, 7) is 5.56. The molecular formula is C16H23FN2O2. The van der Waals surface area contributed by atoms with Crippen molar-refractivity contribution in [1.82, 2.24) is 10.2 Å². The molecule has 3 atom stereocenters. The normalized spacial score (nSPS) is 24.6. The van der Waals surface area contributed by atoms with Gasteiger partial charge in [-0.25, -0.2) is 4.39 Å². The van der Waals surface area contributed by atoms with Crippen molar-refractivity contribution >= 4 is 5.91 Å². The smallest absolute Gasteiger partial charge is 0.234 e.